The lowest BCUT2D eigenvalue weighted by Crippen LogP contribution is -2.37. The minimum Gasteiger partial charge on any atom is -0.325 e. The normalized spacial score (nSPS) is 11.7. The van der Waals surface area contributed by atoms with Crippen LogP contribution in [0.1, 0.15) is 27.0 Å². The molecule has 0 saturated heterocycles. The summed E-state index contributed by atoms with van der Waals surface area (Å²) in [4.78, 5) is 26.7. The molecule has 0 fully saturated rings. The highest BCUT2D eigenvalue weighted by Crippen LogP contribution is 2.31. The third-order valence-electron chi connectivity index (χ3n) is 4.85. The smallest absolute Gasteiger partial charge is 0.325 e. The first-order valence-electron chi connectivity index (χ1n) is 10.0. The summed E-state index contributed by atoms with van der Waals surface area (Å²) in [6.07, 6.45) is -9.32. The van der Waals surface area contributed by atoms with Crippen molar-refractivity contribution in [2.75, 3.05) is 11.9 Å². The SMILES string of the molecule is O=C(CN(Cc1ccccc1Cl)C(=O)c1cccc(C(F)(F)F)c1)Nc1cccc(C(F)(F)F)c1. The Bertz CT molecular complexity index is 1230. The second kappa shape index (κ2) is 10.4. The van der Waals surface area contributed by atoms with Crippen LogP contribution in [0.5, 0.6) is 0 Å². The zero-order chi connectivity index (χ0) is 25.8. The van der Waals surface area contributed by atoms with Crippen molar-refractivity contribution in [2.45, 2.75) is 18.9 Å². The van der Waals surface area contributed by atoms with Gasteiger partial charge in [0.05, 0.1) is 11.1 Å². The summed E-state index contributed by atoms with van der Waals surface area (Å²) < 4.78 is 78.2. The average molecular weight is 515 g/mol. The van der Waals surface area contributed by atoms with Gasteiger partial charge in [-0.25, -0.2) is 0 Å². The molecule has 11 heteroatoms. The highest BCUT2D eigenvalue weighted by atomic mass is 35.5. The van der Waals surface area contributed by atoms with Gasteiger partial charge in [0.1, 0.15) is 6.54 Å². The number of halogens is 7. The number of benzene rings is 3. The lowest BCUT2D eigenvalue weighted by atomic mass is 10.1. The van der Waals surface area contributed by atoms with E-state index in [0.717, 1.165) is 35.2 Å². The number of nitrogens with zero attached hydrogens (tertiary/aromatic N) is 1. The van der Waals surface area contributed by atoms with Gasteiger partial charge in [-0.1, -0.05) is 41.9 Å². The average Bonchev–Trinajstić information content (AvgIpc) is 2.78. The second-order valence-corrected chi connectivity index (χ2v) is 7.87. The van der Waals surface area contributed by atoms with Crippen molar-refractivity contribution in [1.82, 2.24) is 4.90 Å². The van der Waals surface area contributed by atoms with Crippen molar-refractivity contribution in [3.05, 3.63) is 100 Å². The Morgan fingerprint density at radius 3 is 2.03 bits per heavy atom. The second-order valence-electron chi connectivity index (χ2n) is 7.46. The van der Waals surface area contributed by atoms with Crippen LogP contribution in [0.15, 0.2) is 72.8 Å². The fourth-order valence-electron chi connectivity index (χ4n) is 3.19. The third kappa shape index (κ3) is 6.98. The summed E-state index contributed by atoms with van der Waals surface area (Å²) in [5.41, 5.74) is -2.09. The summed E-state index contributed by atoms with van der Waals surface area (Å²) in [6, 6.07) is 13.9. The molecule has 1 N–H and O–H groups in total. The van der Waals surface area contributed by atoms with E-state index in [1.165, 1.54) is 18.2 Å². The highest BCUT2D eigenvalue weighted by Gasteiger charge is 2.32. The van der Waals surface area contributed by atoms with Gasteiger partial charge in [0.25, 0.3) is 5.91 Å². The Balaban J connectivity index is 1.87. The molecule has 35 heavy (non-hydrogen) atoms. The molecule has 0 bridgehead atoms. The van der Waals surface area contributed by atoms with Crippen LogP contribution >= 0.6 is 11.6 Å². The molecule has 184 valence electrons. The summed E-state index contributed by atoms with van der Waals surface area (Å²) in [6.45, 7) is -0.888. The van der Waals surface area contributed by atoms with Crippen molar-refractivity contribution < 1.29 is 35.9 Å². The topological polar surface area (TPSA) is 49.4 Å². The van der Waals surface area contributed by atoms with Gasteiger partial charge in [-0.2, -0.15) is 26.3 Å². The van der Waals surface area contributed by atoms with E-state index in [-0.39, 0.29) is 22.8 Å². The van der Waals surface area contributed by atoms with Gasteiger partial charge in [-0.05, 0) is 48.0 Å². The van der Waals surface area contributed by atoms with Crippen LogP contribution in [0.25, 0.3) is 0 Å². The van der Waals surface area contributed by atoms with Crippen LogP contribution in [0.2, 0.25) is 5.02 Å². The van der Waals surface area contributed by atoms with Crippen molar-refractivity contribution in [3.63, 3.8) is 0 Å². The van der Waals surface area contributed by atoms with Crippen LogP contribution in [-0.4, -0.2) is 23.3 Å². The molecule has 0 aliphatic carbocycles. The molecule has 0 heterocycles. The van der Waals surface area contributed by atoms with Crippen molar-refractivity contribution in [3.8, 4) is 0 Å². The standard InChI is InChI=1S/C24H17ClF6N2O2/c25-20-10-2-1-5-16(20)13-33(22(35)15-6-3-7-17(11-15)23(26,27)28)14-21(34)32-19-9-4-8-18(12-19)24(29,30)31/h1-12H,13-14H2,(H,32,34). The van der Waals surface area contributed by atoms with Crippen LogP contribution in [-0.2, 0) is 23.7 Å². The van der Waals surface area contributed by atoms with Gasteiger partial charge in [0, 0.05) is 22.8 Å². The minimum absolute atomic E-state index is 0.158. The molecule has 3 rings (SSSR count). The number of carbonyl (C=O) groups is 2. The Hall–Kier alpha value is -3.53. The molecule has 0 atom stereocenters. The molecule has 2 amide bonds. The molecule has 0 radical (unpaired) electrons. The van der Waals surface area contributed by atoms with Crippen molar-refractivity contribution in [2.24, 2.45) is 0 Å². The number of anilines is 1. The largest absolute Gasteiger partial charge is 0.416 e. The Labute approximate surface area is 201 Å². The number of alkyl halides is 6. The summed E-state index contributed by atoms with van der Waals surface area (Å²) in [7, 11) is 0. The third-order valence-corrected chi connectivity index (χ3v) is 5.22. The highest BCUT2D eigenvalue weighted by molar-refractivity contribution is 6.31. The summed E-state index contributed by atoms with van der Waals surface area (Å²) >= 11 is 6.14. The molecule has 0 saturated carbocycles. The molecule has 0 unspecified atom stereocenters. The van der Waals surface area contributed by atoms with Gasteiger partial charge in [0.15, 0.2) is 0 Å². The quantitative estimate of drug-likeness (QED) is 0.374. The fourth-order valence-corrected chi connectivity index (χ4v) is 3.39. The Kier molecular flexibility index (Phi) is 7.74. The van der Waals surface area contributed by atoms with E-state index in [4.69, 9.17) is 11.6 Å². The number of nitrogens with one attached hydrogen (secondary N) is 1. The van der Waals surface area contributed by atoms with Crippen LogP contribution < -0.4 is 5.32 Å². The predicted octanol–water partition coefficient (Wildman–Crippen LogP) is 6.66. The van der Waals surface area contributed by atoms with E-state index in [0.29, 0.717) is 11.6 Å². The number of hydrogen-bond acceptors (Lipinski definition) is 2. The summed E-state index contributed by atoms with van der Waals surface area (Å²) in [5, 5.41) is 2.54. The molecule has 0 aromatic heterocycles. The van der Waals surface area contributed by atoms with E-state index in [1.54, 1.807) is 18.2 Å². The molecule has 3 aromatic rings. The van der Waals surface area contributed by atoms with Gasteiger partial charge < -0.3 is 10.2 Å². The number of hydrogen-bond donors (Lipinski definition) is 1. The lowest BCUT2D eigenvalue weighted by molar-refractivity contribution is -0.138. The van der Waals surface area contributed by atoms with E-state index in [9.17, 15) is 35.9 Å². The first-order valence-corrected chi connectivity index (χ1v) is 10.4. The number of carbonyl (C=O) groups excluding carboxylic acids is 2. The van der Waals surface area contributed by atoms with Crippen LogP contribution in [0.3, 0.4) is 0 Å². The first-order chi connectivity index (χ1) is 16.3. The van der Waals surface area contributed by atoms with Gasteiger partial charge in [-0.15, -0.1) is 0 Å². The monoisotopic (exact) mass is 514 g/mol. The van der Waals surface area contributed by atoms with Gasteiger partial charge >= 0.3 is 12.4 Å². The van der Waals surface area contributed by atoms with Crippen LogP contribution in [0, 0.1) is 0 Å². The van der Waals surface area contributed by atoms with E-state index < -0.39 is 41.8 Å². The van der Waals surface area contributed by atoms with Gasteiger partial charge in [-0.3, -0.25) is 9.59 Å². The molecule has 4 nitrogen and oxygen atoms in total. The molecular formula is C24H17ClF6N2O2. The number of rotatable bonds is 6. The molecular weight excluding hydrogens is 498 g/mol. The van der Waals surface area contributed by atoms with Crippen molar-refractivity contribution in [1.29, 1.82) is 0 Å². The number of amides is 2. The molecule has 0 spiro atoms. The molecule has 0 aliphatic rings. The Morgan fingerprint density at radius 2 is 1.40 bits per heavy atom. The first kappa shape index (κ1) is 26.1. The summed E-state index contributed by atoms with van der Waals surface area (Å²) in [5.74, 6) is -1.74. The van der Waals surface area contributed by atoms with Crippen molar-refractivity contribution >= 4 is 29.1 Å². The zero-order valence-corrected chi connectivity index (χ0v) is 18.5. The molecule has 3 aromatic carbocycles. The van der Waals surface area contributed by atoms with E-state index >= 15 is 0 Å². The fraction of sp³-hybridized carbons (Fsp3) is 0.167. The van der Waals surface area contributed by atoms with Gasteiger partial charge in [0.2, 0.25) is 5.91 Å². The predicted molar refractivity (Wildman–Crippen MR) is 118 cm³/mol. The van der Waals surface area contributed by atoms with E-state index in [1.807, 2.05) is 0 Å². The maximum atomic E-state index is 13.1. The lowest BCUT2D eigenvalue weighted by Gasteiger charge is -2.23. The Morgan fingerprint density at radius 1 is 0.800 bits per heavy atom. The molecule has 0 aliphatic heterocycles. The van der Waals surface area contributed by atoms with Crippen LogP contribution in [0.4, 0.5) is 32.0 Å². The maximum Gasteiger partial charge on any atom is 0.416 e. The minimum atomic E-state index is -4.69. The van der Waals surface area contributed by atoms with E-state index in [2.05, 4.69) is 5.32 Å². The zero-order valence-electron chi connectivity index (χ0n) is 17.8. The maximum absolute atomic E-state index is 13.1.